The fraction of sp³-hybridized carbons (Fsp3) is 0.588. The van der Waals surface area contributed by atoms with Crippen LogP contribution in [0.4, 0.5) is 5.82 Å². The van der Waals surface area contributed by atoms with Crippen molar-refractivity contribution in [3.8, 4) is 5.88 Å². The standard InChI is InChI=1S/C17H22N4O3S/c1-12-20-14(8-25-12)7-23-6-13-3-4-24-17(13)9-21(10-17)15-5-16(22-2)19-11-18-15/h5,8,11,13H,3-4,6-7,9-10H2,1-2H3. The first kappa shape index (κ1) is 16.7. The zero-order valence-electron chi connectivity index (χ0n) is 14.5. The summed E-state index contributed by atoms with van der Waals surface area (Å²) in [5.74, 6) is 1.87. The molecule has 2 aromatic rings. The molecule has 2 fully saturated rings. The Labute approximate surface area is 151 Å². The zero-order valence-corrected chi connectivity index (χ0v) is 15.3. The summed E-state index contributed by atoms with van der Waals surface area (Å²) in [6.07, 6.45) is 2.57. The van der Waals surface area contributed by atoms with Gasteiger partial charge in [-0.3, -0.25) is 0 Å². The number of ether oxygens (including phenoxy) is 3. The minimum atomic E-state index is -0.115. The second-order valence-corrected chi connectivity index (χ2v) is 7.61. The zero-order chi connectivity index (χ0) is 17.3. The van der Waals surface area contributed by atoms with Crippen molar-refractivity contribution in [3.05, 3.63) is 28.5 Å². The molecule has 4 heterocycles. The van der Waals surface area contributed by atoms with Gasteiger partial charge in [0.1, 0.15) is 17.7 Å². The second kappa shape index (κ2) is 6.86. The summed E-state index contributed by atoms with van der Waals surface area (Å²) >= 11 is 1.66. The maximum absolute atomic E-state index is 6.09. The summed E-state index contributed by atoms with van der Waals surface area (Å²) in [4.78, 5) is 15.0. The topological polar surface area (TPSA) is 69.6 Å². The van der Waals surface area contributed by atoms with Gasteiger partial charge in [-0.05, 0) is 13.3 Å². The van der Waals surface area contributed by atoms with Gasteiger partial charge in [0.2, 0.25) is 5.88 Å². The van der Waals surface area contributed by atoms with Gasteiger partial charge < -0.3 is 19.1 Å². The van der Waals surface area contributed by atoms with Crippen LogP contribution in [-0.2, 0) is 16.1 Å². The van der Waals surface area contributed by atoms with Crippen molar-refractivity contribution in [2.45, 2.75) is 25.6 Å². The second-order valence-electron chi connectivity index (χ2n) is 6.55. The number of anilines is 1. The van der Waals surface area contributed by atoms with Gasteiger partial charge in [0.15, 0.2) is 0 Å². The number of thiazole rings is 1. The summed E-state index contributed by atoms with van der Waals surface area (Å²) in [5, 5.41) is 3.14. The lowest BCUT2D eigenvalue weighted by atomic mass is 9.81. The lowest BCUT2D eigenvalue weighted by molar-refractivity contribution is -0.0656. The summed E-state index contributed by atoms with van der Waals surface area (Å²) in [6, 6.07) is 1.86. The third-order valence-electron chi connectivity index (χ3n) is 4.91. The van der Waals surface area contributed by atoms with Crippen LogP contribution in [0.1, 0.15) is 17.1 Å². The molecule has 2 aromatic heterocycles. The molecule has 25 heavy (non-hydrogen) atoms. The lowest BCUT2D eigenvalue weighted by Gasteiger charge is -2.50. The molecule has 134 valence electrons. The SMILES string of the molecule is COc1cc(N2CC3(C2)OCCC3COCc2csc(C)n2)ncn1. The minimum Gasteiger partial charge on any atom is -0.481 e. The van der Waals surface area contributed by atoms with E-state index in [0.29, 0.717) is 25.0 Å². The van der Waals surface area contributed by atoms with E-state index in [2.05, 4.69) is 25.2 Å². The Morgan fingerprint density at radius 2 is 2.28 bits per heavy atom. The molecule has 1 unspecified atom stereocenters. The van der Waals surface area contributed by atoms with Crippen LogP contribution in [0, 0.1) is 12.8 Å². The largest absolute Gasteiger partial charge is 0.481 e. The maximum Gasteiger partial charge on any atom is 0.218 e. The number of aryl methyl sites for hydroxylation is 1. The Kier molecular flexibility index (Phi) is 4.58. The highest BCUT2D eigenvalue weighted by Crippen LogP contribution is 2.41. The van der Waals surface area contributed by atoms with Gasteiger partial charge in [-0.2, -0.15) is 0 Å². The summed E-state index contributed by atoms with van der Waals surface area (Å²) in [7, 11) is 1.61. The van der Waals surface area contributed by atoms with Gasteiger partial charge in [-0.1, -0.05) is 0 Å². The summed E-state index contributed by atoms with van der Waals surface area (Å²) in [5.41, 5.74) is 0.898. The third kappa shape index (κ3) is 3.33. The Balaban J connectivity index is 1.32. The molecule has 0 bridgehead atoms. The van der Waals surface area contributed by atoms with Crippen molar-refractivity contribution >= 4 is 17.2 Å². The average Bonchev–Trinajstić information content (AvgIpc) is 3.20. The van der Waals surface area contributed by atoms with E-state index in [9.17, 15) is 0 Å². The van der Waals surface area contributed by atoms with E-state index in [4.69, 9.17) is 14.2 Å². The van der Waals surface area contributed by atoms with Crippen molar-refractivity contribution in [1.29, 1.82) is 0 Å². The molecule has 8 heteroatoms. The van der Waals surface area contributed by atoms with Gasteiger partial charge in [-0.25, -0.2) is 15.0 Å². The van der Waals surface area contributed by atoms with E-state index in [1.165, 1.54) is 6.33 Å². The van der Waals surface area contributed by atoms with Crippen LogP contribution in [-0.4, -0.2) is 54.0 Å². The van der Waals surface area contributed by atoms with Gasteiger partial charge in [-0.15, -0.1) is 11.3 Å². The van der Waals surface area contributed by atoms with Crippen LogP contribution < -0.4 is 9.64 Å². The number of nitrogens with zero attached hydrogens (tertiary/aromatic N) is 4. The van der Waals surface area contributed by atoms with E-state index in [1.54, 1.807) is 18.4 Å². The number of methoxy groups -OCH3 is 1. The fourth-order valence-corrected chi connectivity index (χ4v) is 4.12. The highest BCUT2D eigenvalue weighted by molar-refractivity contribution is 7.09. The van der Waals surface area contributed by atoms with Crippen molar-refractivity contribution in [2.75, 3.05) is 38.3 Å². The number of aromatic nitrogens is 3. The maximum atomic E-state index is 6.09. The molecule has 0 aromatic carbocycles. The molecular formula is C17H22N4O3S. The minimum absolute atomic E-state index is 0.115. The third-order valence-corrected chi connectivity index (χ3v) is 5.74. The van der Waals surface area contributed by atoms with Crippen molar-refractivity contribution < 1.29 is 14.2 Å². The van der Waals surface area contributed by atoms with Crippen molar-refractivity contribution in [2.24, 2.45) is 5.92 Å². The van der Waals surface area contributed by atoms with Gasteiger partial charge >= 0.3 is 0 Å². The van der Waals surface area contributed by atoms with Gasteiger partial charge in [0, 0.05) is 24.0 Å². The Morgan fingerprint density at radius 3 is 3.04 bits per heavy atom. The Morgan fingerprint density at radius 1 is 1.40 bits per heavy atom. The first-order chi connectivity index (χ1) is 12.2. The predicted molar refractivity (Wildman–Crippen MR) is 94.1 cm³/mol. The van der Waals surface area contributed by atoms with Crippen LogP contribution in [0.2, 0.25) is 0 Å². The Hall–Kier alpha value is -1.77. The monoisotopic (exact) mass is 362 g/mol. The molecule has 1 atom stereocenters. The number of hydrogen-bond acceptors (Lipinski definition) is 8. The molecule has 2 saturated heterocycles. The van der Waals surface area contributed by atoms with E-state index in [-0.39, 0.29) is 5.60 Å². The summed E-state index contributed by atoms with van der Waals surface area (Å²) < 4.78 is 17.2. The Bertz CT molecular complexity index is 732. The summed E-state index contributed by atoms with van der Waals surface area (Å²) in [6.45, 7) is 5.75. The highest BCUT2D eigenvalue weighted by Gasteiger charge is 2.53. The fourth-order valence-electron chi connectivity index (χ4n) is 3.53. The van der Waals surface area contributed by atoms with Crippen LogP contribution in [0.15, 0.2) is 17.8 Å². The average molecular weight is 362 g/mol. The first-order valence-electron chi connectivity index (χ1n) is 8.42. The normalized spacial score (nSPS) is 21.5. The molecule has 1 spiro atoms. The van der Waals surface area contributed by atoms with Gasteiger partial charge in [0.05, 0.1) is 44.1 Å². The van der Waals surface area contributed by atoms with Crippen LogP contribution in [0.25, 0.3) is 0 Å². The van der Waals surface area contributed by atoms with E-state index in [1.807, 2.05) is 13.0 Å². The smallest absolute Gasteiger partial charge is 0.218 e. The highest BCUT2D eigenvalue weighted by atomic mass is 32.1. The molecule has 0 N–H and O–H groups in total. The lowest BCUT2D eigenvalue weighted by Crippen LogP contribution is -2.65. The molecule has 4 rings (SSSR count). The van der Waals surface area contributed by atoms with Crippen LogP contribution in [0.5, 0.6) is 5.88 Å². The number of rotatable bonds is 6. The molecule has 0 radical (unpaired) electrons. The molecule has 7 nitrogen and oxygen atoms in total. The first-order valence-corrected chi connectivity index (χ1v) is 9.30. The van der Waals surface area contributed by atoms with E-state index in [0.717, 1.165) is 42.6 Å². The molecule has 2 aliphatic rings. The number of hydrogen-bond donors (Lipinski definition) is 0. The predicted octanol–water partition coefficient (Wildman–Crippen LogP) is 2.06. The van der Waals surface area contributed by atoms with Crippen molar-refractivity contribution in [3.63, 3.8) is 0 Å². The van der Waals surface area contributed by atoms with E-state index >= 15 is 0 Å². The molecule has 0 saturated carbocycles. The van der Waals surface area contributed by atoms with Crippen LogP contribution >= 0.6 is 11.3 Å². The van der Waals surface area contributed by atoms with Gasteiger partial charge in [0.25, 0.3) is 0 Å². The van der Waals surface area contributed by atoms with Crippen molar-refractivity contribution in [1.82, 2.24) is 15.0 Å². The quantitative estimate of drug-likeness (QED) is 0.779. The van der Waals surface area contributed by atoms with Crippen LogP contribution in [0.3, 0.4) is 0 Å². The molecule has 0 amide bonds. The molecule has 2 aliphatic heterocycles. The molecule has 0 aliphatic carbocycles. The molecular weight excluding hydrogens is 340 g/mol. The van der Waals surface area contributed by atoms with E-state index < -0.39 is 0 Å².